The topological polar surface area (TPSA) is 17.1 Å². The summed E-state index contributed by atoms with van der Waals surface area (Å²) in [5.41, 5.74) is 0.587. The van der Waals surface area contributed by atoms with Crippen LogP contribution in [0.1, 0.15) is 10.4 Å². The van der Waals surface area contributed by atoms with Crippen LogP contribution >= 0.6 is 39.1 Å². The minimum atomic E-state index is -0.636. The second-order valence-corrected chi connectivity index (χ2v) is 4.24. The molecule has 0 saturated heterocycles. The number of halogens is 3. The molecule has 1 atom stereocenters. The van der Waals surface area contributed by atoms with Crippen molar-refractivity contribution < 1.29 is 4.79 Å². The van der Waals surface area contributed by atoms with Crippen molar-refractivity contribution in [1.29, 1.82) is 0 Å². The van der Waals surface area contributed by atoms with E-state index in [1.165, 1.54) is 0 Å². The standard InChI is InChI=1S/C9H7BrCl2O/c10-7-3-1-6(2-4-7)9(13)8(12)5-11/h1-4,8H,5H2. The number of hydrogen-bond acceptors (Lipinski definition) is 1. The van der Waals surface area contributed by atoms with Crippen LogP contribution in [0.4, 0.5) is 0 Å². The van der Waals surface area contributed by atoms with Crippen molar-refractivity contribution in [3.8, 4) is 0 Å². The number of ketones is 1. The van der Waals surface area contributed by atoms with Crippen LogP contribution < -0.4 is 0 Å². The monoisotopic (exact) mass is 280 g/mol. The zero-order valence-electron chi connectivity index (χ0n) is 6.64. The van der Waals surface area contributed by atoms with E-state index in [-0.39, 0.29) is 11.7 Å². The SMILES string of the molecule is O=C(c1ccc(Br)cc1)C(Cl)CCl. The molecule has 0 N–H and O–H groups in total. The lowest BCUT2D eigenvalue weighted by atomic mass is 10.1. The van der Waals surface area contributed by atoms with E-state index in [0.29, 0.717) is 5.56 Å². The second kappa shape index (κ2) is 4.99. The maximum absolute atomic E-state index is 11.5. The highest BCUT2D eigenvalue weighted by atomic mass is 79.9. The molecular weight excluding hydrogens is 275 g/mol. The first kappa shape index (κ1) is 11.0. The number of benzene rings is 1. The summed E-state index contributed by atoms with van der Waals surface area (Å²) in [6.45, 7) is 0. The quantitative estimate of drug-likeness (QED) is 0.612. The number of carbonyl (C=O) groups is 1. The molecule has 0 bridgehead atoms. The summed E-state index contributed by atoms with van der Waals surface area (Å²) < 4.78 is 0.932. The van der Waals surface area contributed by atoms with Gasteiger partial charge >= 0.3 is 0 Å². The van der Waals surface area contributed by atoms with E-state index in [1.54, 1.807) is 24.3 Å². The normalized spacial score (nSPS) is 12.5. The number of carbonyl (C=O) groups excluding carboxylic acids is 1. The summed E-state index contributed by atoms with van der Waals surface area (Å²) in [4.78, 5) is 11.5. The highest BCUT2D eigenvalue weighted by Crippen LogP contribution is 2.14. The molecule has 0 radical (unpaired) electrons. The van der Waals surface area contributed by atoms with E-state index in [4.69, 9.17) is 23.2 Å². The number of hydrogen-bond donors (Lipinski definition) is 0. The van der Waals surface area contributed by atoms with Crippen LogP contribution in [0.25, 0.3) is 0 Å². The van der Waals surface area contributed by atoms with Crippen molar-refractivity contribution in [2.45, 2.75) is 5.38 Å². The minimum Gasteiger partial charge on any atom is -0.292 e. The first-order valence-corrected chi connectivity index (χ1v) is 5.41. The van der Waals surface area contributed by atoms with E-state index in [2.05, 4.69) is 15.9 Å². The zero-order valence-corrected chi connectivity index (χ0v) is 9.73. The summed E-state index contributed by atoms with van der Waals surface area (Å²) in [5, 5.41) is -0.636. The molecule has 0 spiro atoms. The van der Waals surface area contributed by atoms with Gasteiger partial charge in [-0.05, 0) is 12.1 Å². The van der Waals surface area contributed by atoms with Crippen molar-refractivity contribution in [3.63, 3.8) is 0 Å². The Labute approximate surface area is 95.2 Å². The molecule has 0 fully saturated rings. The molecule has 1 unspecified atom stereocenters. The molecule has 0 amide bonds. The second-order valence-electron chi connectivity index (χ2n) is 2.49. The maximum Gasteiger partial charge on any atom is 0.181 e. The number of alkyl halides is 2. The molecule has 70 valence electrons. The van der Waals surface area contributed by atoms with Crippen LogP contribution in [0.5, 0.6) is 0 Å². The van der Waals surface area contributed by atoms with Gasteiger partial charge in [0.1, 0.15) is 5.38 Å². The third kappa shape index (κ3) is 2.97. The van der Waals surface area contributed by atoms with Crippen LogP contribution in [0, 0.1) is 0 Å². The highest BCUT2D eigenvalue weighted by molar-refractivity contribution is 9.10. The molecule has 0 saturated carbocycles. The van der Waals surface area contributed by atoms with Gasteiger partial charge in [0.25, 0.3) is 0 Å². The Kier molecular flexibility index (Phi) is 4.23. The zero-order chi connectivity index (χ0) is 9.84. The molecule has 0 heterocycles. The van der Waals surface area contributed by atoms with Gasteiger partial charge in [-0.3, -0.25) is 4.79 Å². The highest BCUT2D eigenvalue weighted by Gasteiger charge is 2.15. The largest absolute Gasteiger partial charge is 0.292 e. The van der Waals surface area contributed by atoms with Gasteiger partial charge in [0.2, 0.25) is 0 Å². The fourth-order valence-electron chi connectivity index (χ4n) is 0.865. The van der Waals surface area contributed by atoms with Gasteiger partial charge in [0, 0.05) is 15.9 Å². The van der Waals surface area contributed by atoms with Crippen molar-refractivity contribution in [3.05, 3.63) is 34.3 Å². The molecule has 1 aromatic rings. The smallest absolute Gasteiger partial charge is 0.181 e. The third-order valence-corrected chi connectivity index (χ3v) is 2.90. The average Bonchev–Trinajstić information content (AvgIpc) is 2.17. The van der Waals surface area contributed by atoms with E-state index in [1.807, 2.05) is 0 Å². The van der Waals surface area contributed by atoms with Crippen molar-refractivity contribution in [2.24, 2.45) is 0 Å². The molecule has 4 heteroatoms. The Bertz CT molecular complexity index is 297. The summed E-state index contributed by atoms with van der Waals surface area (Å²) in [6.07, 6.45) is 0. The lowest BCUT2D eigenvalue weighted by molar-refractivity contribution is 0.0993. The van der Waals surface area contributed by atoms with Gasteiger partial charge in [0.05, 0.1) is 0 Å². The first-order valence-electron chi connectivity index (χ1n) is 3.65. The summed E-state index contributed by atoms with van der Waals surface area (Å²) in [6, 6.07) is 7.03. The Hall–Kier alpha value is -0.0500. The van der Waals surface area contributed by atoms with Gasteiger partial charge < -0.3 is 0 Å². The van der Waals surface area contributed by atoms with Crippen LogP contribution in [0.2, 0.25) is 0 Å². The van der Waals surface area contributed by atoms with Gasteiger partial charge in [0.15, 0.2) is 5.78 Å². The van der Waals surface area contributed by atoms with Crippen LogP contribution in [0.3, 0.4) is 0 Å². The molecule has 0 aliphatic carbocycles. The summed E-state index contributed by atoms with van der Waals surface area (Å²) in [7, 11) is 0. The molecule has 1 nitrogen and oxygen atoms in total. The lowest BCUT2D eigenvalue weighted by Gasteiger charge is -2.03. The van der Waals surface area contributed by atoms with Gasteiger partial charge in [-0.2, -0.15) is 0 Å². The molecule has 0 aliphatic rings. The molecule has 0 aromatic heterocycles. The molecule has 1 rings (SSSR count). The lowest BCUT2D eigenvalue weighted by Crippen LogP contribution is -2.15. The van der Waals surface area contributed by atoms with Gasteiger partial charge in [-0.15, -0.1) is 23.2 Å². The fraction of sp³-hybridized carbons (Fsp3) is 0.222. The Morgan fingerprint density at radius 2 is 1.92 bits per heavy atom. The summed E-state index contributed by atoms with van der Waals surface area (Å²) >= 11 is 14.4. The van der Waals surface area contributed by atoms with Crippen molar-refractivity contribution >= 4 is 44.9 Å². The average molecular weight is 282 g/mol. The Morgan fingerprint density at radius 3 is 2.38 bits per heavy atom. The Balaban J connectivity index is 2.83. The minimum absolute atomic E-state index is 0.135. The number of Topliss-reactive ketones (excluding diaryl/α,β-unsaturated/α-hetero) is 1. The molecule has 13 heavy (non-hydrogen) atoms. The third-order valence-electron chi connectivity index (χ3n) is 1.55. The number of rotatable bonds is 3. The van der Waals surface area contributed by atoms with Crippen molar-refractivity contribution in [1.82, 2.24) is 0 Å². The predicted octanol–water partition coefficient (Wildman–Crippen LogP) is 3.48. The van der Waals surface area contributed by atoms with Crippen LogP contribution in [0.15, 0.2) is 28.7 Å². The van der Waals surface area contributed by atoms with Crippen molar-refractivity contribution in [2.75, 3.05) is 5.88 Å². The van der Waals surface area contributed by atoms with Crippen LogP contribution in [-0.4, -0.2) is 17.0 Å². The van der Waals surface area contributed by atoms with E-state index >= 15 is 0 Å². The summed E-state index contributed by atoms with van der Waals surface area (Å²) in [5.74, 6) is 0.000339. The van der Waals surface area contributed by atoms with E-state index in [9.17, 15) is 4.79 Å². The molecule has 0 aliphatic heterocycles. The first-order chi connectivity index (χ1) is 6.15. The molecular formula is C9H7BrCl2O. The fourth-order valence-corrected chi connectivity index (χ4v) is 1.40. The predicted molar refractivity (Wildman–Crippen MR) is 58.8 cm³/mol. The van der Waals surface area contributed by atoms with Gasteiger partial charge in [-0.1, -0.05) is 28.1 Å². The maximum atomic E-state index is 11.5. The van der Waals surface area contributed by atoms with Crippen LogP contribution in [-0.2, 0) is 0 Å². The van der Waals surface area contributed by atoms with E-state index < -0.39 is 5.38 Å². The molecule has 1 aromatic carbocycles. The van der Waals surface area contributed by atoms with E-state index in [0.717, 1.165) is 4.47 Å². The Morgan fingerprint density at radius 1 is 1.38 bits per heavy atom. The van der Waals surface area contributed by atoms with Gasteiger partial charge in [-0.25, -0.2) is 0 Å².